The molecule has 1 aliphatic rings. The molecule has 146 valence electrons. The monoisotopic (exact) mass is 377 g/mol. The van der Waals surface area contributed by atoms with E-state index in [0.29, 0.717) is 29.4 Å². The van der Waals surface area contributed by atoms with E-state index >= 15 is 0 Å². The number of allylic oxidation sites excluding steroid dienone is 1. The van der Waals surface area contributed by atoms with Crippen LogP contribution in [0.1, 0.15) is 42.3 Å². The van der Waals surface area contributed by atoms with Crippen molar-refractivity contribution >= 4 is 17.5 Å². The smallest absolute Gasteiger partial charge is 0.231 e. The van der Waals surface area contributed by atoms with Crippen LogP contribution in [-0.4, -0.2) is 25.5 Å². The minimum atomic E-state index is -0.0997. The van der Waals surface area contributed by atoms with Gasteiger partial charge in [-0.1, -0.05) is 18.7 Å². The molecule has 0 bridgehead atoms. The third kappa shape index (κ3) is 3.96. The van der Waals surface area contributed by atoms with E-state index in [1.165, 1.54) is 5.69 Å². The van der Waals surface area contributed by atoms with Crippen molar-refractivity contribution in [3.63, 3.8) is 0 Å². The Kier molecular flexibility index (Phi) is 5.88. The predicted octanol–water partition coefficient (Wildman–Crippen LogP) is 5.41. The second kappa shape index (κ2) is 8.34. The van der Waals surface area contributed by atoms with Crippen LogP contribution in [0.25, 0.3) is 6.08 Å². The van der Waals surface area contributed by atoms with Crippen molar-refractivity contribution in [3.05, 3.63) is 71.0 Å². The number of nitrogens with zero attached hydrogens (tertiary/aromatic N) is 1. The number of carbonyl (C=O) groups excluding carboxylic acids is 1. The molecule has 0 saturated carbocycles. The van der Waals surface area contributed by atoms with Gasteiger partial charge in [0.25, 0.3) is 0 Å². The molecular weight excluding hydrogens is 350 g/mol. The van der Waals surface area contributed by atoms with Crippen LogP contribution in [0, 0.1) is 6.92 Å². The van der Waals surface area contributed by atoms with Gasteiger partial charge >= 0.3 is 0 Å². The molecule has 0 amide bonds. The SMILES string of the molecule is C=C(C)COc1ccc2c(c1C)O/C(=C\c1ccc(N(CC)CC)cc1)C2=O. The first-order valence-corrected chi connectivity index (χ1v) is 9.64. The maximum Gasteiger partial charge on any atom is 0.231 e. The van der Waals surface area contributed by atoms with Crippen LogP contribution in [0.5, 0.6) is 11.5 Å². The Morgan fingerprint density at radius 2 is 1.82 bits per heavy atom. The molecule has 2 aromatic carbocycles. The van der Waals surface area contributed by atoms with Crippen molar-refractivity contribution in [2.75, 3.05) is 24.6 Å². The Morgan fingerprint density at radius 1 is 1.14 bits per heavy atom. The molecule has 0 fully saturated rings. The maximum absolute atomic E-state index is 12.7. The van der Waals surface area contributed by atoms with Crippen molar-refractivity contribution in [2.24, 2.45) is 0 Å². The highest BCUT2D eigenvalue weighted by molar-refractivity contribution is 6.15. The normalized spacial score (nSPS) is 14.0. The molecule has 4 nitrogen and oxygen atoms in total. The van der Waals surface area contributed by atoms with Gasteiger partial charge in [0.05, 0.1) is 5.56 Å². The van der Waals surface area contributed by atoms with Crippen LogP contribution < -0.4 is 14.4 Å². The Bertz CT molecular complexity index is 922. The van der Waals surface area contributed by atoms with Gasteiger partial charge in [-0.25, -0.2) is 0 Å². The summed E-state index contributed by atoms with van der Waals surface area (Å²) in [5.74, 6) is 1.53. The summed E-state index contributed by atoms with van der Waals surface area (Å²) in [6.45, 7) is 14.3. The molecule has 0 aliphatic carbocycles. The lowest BCUT2D eigenvalue weighted by molar-refractivity contribution is 0.101. The summed E-state index contributed by atoms with van der Waals surface area (Å²) >= 11 is 0. The van der Waals surface area contributed by atoms with E-state index in [2.05, 4.69) is 37.5 Å². The van der Waals surface area contributed by atoms with Crippen LogP contribution >= 0.6 is 0 Å². The van der Waals surface area contributed by atoms with Crippen molar-refractivity contribution in [2.45, 2.75) is 27.7 Å². The lowest BCUT2D eigenvalue weighted by Gasteiger charge is -2.20. The summed E-state index contributed by atoms with van der Waals surface area (Å²) in [6, 6.07) is 11.7. The van der Waals surface area contributed by atoms with Gasteiger partial charge in [0, 0.05) is 24.3 Å². The Labute approximate surface area is 167 Å². The average molecular weight is 377 g/mol. The van der Waals surface area contributed by atoms with E-state index in [1.807, 2.05) is 32.0 Å². The first kappa shape index (κ1) is 19.7. The van der Waals surface area contributed by atoms with Gasteiger partial charge in [0.15, 0.2) is 5.76 Å². The molecular formula is C24H27NO3. The Hall–Kier alpha value is -3.01. The van der Waals surface area contributed by atoms with E-state index in [0.717, 1.165) is 29.8 Å². The maximum atomic E-state index is 12.7. The van der Waals surface area contributed by atoms with Crippen LogP contribution in [0.4, 0.5) is 5.69 Å². The number of benzene rings is 2. The second-order valence-electron chi connectivity index (χ2n) is 7.01. The highest BCUT2D eigenvalue weighted by atomic mass is 16.5. The van der Waals surface area contributed by atoms with Gasteiger partial charge in [-0.05, 0) is 69.2 Å². The molecule has 0 spiro atoms. The third-order valence-corrected chi connectivity index (χ3v) is 4.83. The van der Waals surface area contributed by atoms with Crippen LogP contribution in [-0.2, 0) is 0 Å². The van der Waals surface area contributed by atoms with Crippen molar-refractivity contribution in [1.29, 1.82) is 0 Å². The molecule has 1 heterocycles. The van der Waals surface area contributed by atoms with Crippen molar-refractivity contribution < 1.29 is 14.3 Å². The summed E-state index contributed by atoms with van der Waals surface area (Å²) < 4.78 is 11.7. The lowest BCUT2D eigenvalue weighted by Crippen LogP contribution is -2.21. The molecule has 4 heteroatoms. The standard InChI is InChI=1S/C24H27NO3/c1-6-25(7-2)19-10-8-18(9-11-19)14-22-23(26)20-12-13-21(27-15-16(3)4)17(5)24(20)28-22/h8-14H,3,6-7,15H2,1-2,4-5H3/b22-14-. The van der Waals surface area contributed by atoms with Gasteiger partial charge in [0.2, 0.25) is 5.78 Å². The van der Waals surface area contributed by atoms with Gasteiger partial charge < -0.3 is 14.4 Å². The molecule has 0 saturated heterocycles. The fourth-order valence-corrected chi connectivity index (χ4v) is 3.25. The number of ketones is 1. The summed E-state index contributed by atoms with van der Waals surface area (Å²) in [6.07, 6.45) is 1.79. The van der Waals surface area contributed by atoms with E-state index in [-0.39, 0.29) is 5.78 Å². The minimum absolute atomic E-state index is 0.0997. The third-order valence-electron chi connectivity index (χ3n) is 4.83. The fraction of sp³-hybridized carbons (Fsp3) is 0.292. The van der Waals surface area contributed by atoms with E-state index in [1.54, 1.807) is 12.1 Å². The molecule has 0 unspecified atom stereocenters. The molecule has 0 atom stereocenters. The van der Waals surface area contributed by atoms with Crippen molar-refractivity contribution in [1.82, 2.24) is 0 Å². The van der Waals surface area contributed by atoms with Crippen molar-refractivity contribution in [3.8, 4) is 11.5 Å². The van der Waals surface area contributed by atoms with Crippen LogP contribution in [0.3, 0.4) is 0 Å². The molecule has 0 aromatic heterocycles. The predicted molar refractivity (Wildman–Crippen MR) is 114 cm³/mol. The number of hydrogen-bond donors (Lipinski definition) is 0. The van der Waals surface area contributed by atoms with Crippen LogP contribution in [0.2, 0.25) is 0 Å². The summed E-state index contributed by atoms with van der Waals surface area (Å²) in [5.41, 5.74) is 4.44. The summed E-state index contributed by atoms with van der Waals surface area (Å²) in [5, 5.41) is 0. The lowest BCUT2D eigenvalue weighted by atomic mass is 10.1. The molecule has 2 aromatic rings. The molecule has 0 radical (unpaired) electrons. The zero-order chi connectivity index (χ0) is 20.3. The number of carbonyl (C=O) groups is 1. The zero-order valence-electron chi connectivity index (χ0n) is 17.0. The largest absolute Gasteiger partial charge is 0.489 e. The zero-order valence-corrected chi connectivity index (χ0v) is 17.0. The van der Waals surface area contributed by atoms with Gasteiger partial charge in [-0.2, -0.15) is 0 Å². The fourth-order valence-electron chi connectivity index (χ4n) is 3.25. The topological polar surface area (TPSA) is 38.8 Å². The highest BCUT2D eigenvalue weighted by Crippen LogP contribution is 2.39. The number of rotatable bonds is 7. The molecule has 1 aliphatic heterocycles. The summed E-state index contributed by atoms with van der Waals surface area (Å²) in [7, 11) is 0. The number of hydrogen-bond acceptors (Lipinski definition) is 4. The van der Waals surface area contributed by atoms with Gasteiger partial charge in [0.1, 0.15) is 18.1 Å². The first-order valence-electron chi connectivity index (χ1n) is 9.64. The molecule has 0 N–H and O–H groups in total. The molecule has 28 heavy (non-hydrogen) atoms. The quantitative estimate of drug-likeness (QED) is 0.477. The summed E-state index contributed by atoms with van der Waals surface area (Å²) in [4.78, 5) is 15.0. The minimum Gasteiger partial charge on any atom is -0.489 e. The number of fused-ring (bicyclic) bond motifs is 1. The van der Waals surface area contributed by atoms with E-state index in [9.17, 15) is 4.79 Å². The van der Waals surface area contributed by atoms with Gasteiger partial charge in [-0.15, -0.1) is 0 Å². The first-order chi connectivity index (χ1) is 13.4. The Morgan fingerprint density at radius 3 is 2.43 bits per heavy atom. The number of anilines is 1. The van der Waals surface area contributed by atoms with E-state index < -0.39 is 0 Å². The second-order valence-corrected chi connectivity index (χ2v) is 7.01. The molecule has 3 rings (SSSR count). The van der Waals surface area contributed by atoms with Gasteiger partial charge in [-0.3, -0.25) is 4.79 Å². The van der Waals surface area contributed by atoms with E-state index in [4.69, 9.17) is 9.47 Å². The Balaban J connectivity index is 1.83. The average Bonchev–Trinajstić information content (AvgIpc) is 3.00. The number of Topliss-reactive ketones (excluding diaryl/α,β-unsaturated/α-hetero) is 1. The highest BCUT2D eigenvalue weighted by Gasteiger charge is 2.30. The van der Waals surface area contributed by atoms with Crippen LogP contribution in [0.15, 0.2) is 54.3 Å². The number of ether oxygens (including phenoxy) is 2.